The number of benzene rings is 2. The summed E-state index contributed by atoms with van der Waals surface area (Å²) in [6, 6.07) is 10.6. The summed E-state index contributed by atoms with van der Waals surface area (Å²) in [7, 11) is 0. The van der Waals surface area contributed by atoms with Gasteiger partial charge in [0.1, 0.15) is 5.58 Å². The number of hydrogen-bond acceptors (Lipinski definition) is 5. The first-order chi connectivity index (χ1) is 13.5. The molecule has 8 heteroatoms. The van der Waals surface area contributed by atoms with E-state index in [-0.39, 0.29) is 5.76 Å². The van der Waals surface area contributed by atoms with Crippen LogP contribution in [0.3, 0.4) is 0 Å². The van der Waals surface area contributed by atoms with Crippen molar-refractivity contribution in [3.05, 3.63) is 57.2 Å². The molecule has 0 aliphatic heterocycles. The first-order valence-electron chi connectivity index (χ1n) is 8.63. The van der Waals surface area contributed by atoms with Crippen LogP contribution < -0.4 is 14.9 Å². The van der Waals surface area contributed by atoms with Gasteiger partial charge in [0.05, 0.1) is 24.5 Å². The van der Waals surface area contributed by atoms with Crippen molar-refractivity contribution in [3.63, 3.8) is 0 Å². The molecule has 0 radical (unpaired) electrons. The van der Waals surface area contributed by atoms with Crippen LogP contribution in [0.2, 0.25) is 5.02 Å². The summed E-state index contributed by atoms with van der Waals surface area (Å²) in [6.07, 6.45) is 1.47. The second-order valence-corrected chi connectivity index (χ2v) is 7.01. The van der Waals surface area contributed by atoms with E-state index in [1.165, 1.54) is 6.21 Å². The van der Waals surface area contributed by atoms with Crippen molar-refractivity contribution in [2.45, 2.75) is 13.8 Å². The molecular formula is C20H18BrClN2O4. The number of ether oxygens (including phenoxy) is 2. The SMILES string of the molecule is CCOc1cc(C=NNC(=O)c2cc3cc(Br)ccc3o2)cc(Cl)c1OCC. The van der Waals surface area contributed by atoms with Gasteiger partial charge in [0.25, 0.3) is 0 Å². The third-order valence-electron chi connectivity index (χ3n) is 3.70. The second-order valence-electron chi connectivity index (χ2n) is 5.69. The van der Waals surface area contributed by atoms with Gasteiger partial charge in [0, 0.05) is 9.86 Å². The van der Waals surface area contributed by atoms with Gasteiger partial charge in [-0.3, -0.25) is 4.79 Å². The van der Waals surface area contributed by atoms with Crippen LogP contribution >= 0.6 is 27.5 Å². The number of nitrogens with zero attached hydrogens (tertiary/aromatic N) is 1. The summed E-state index contributed by atoms with van der Waals surface area (Å²) in [4.78, 5) is 12.3. The standard InChI is InChI=1S/C20H18BrClN2O4/c1-3-26-17-8-12(7-15(22)19(17)27-4-2)11-23-24-20(25)18-10-13-9-14(21)5-6-16(13)28-18/h5-11H,3-4H2,1-2H3,(H,24,25). The van der Waals surface area contributed by atoms with Gasteiger partial charge in [-0.1, -0.05) is 27.5 Å². The molecule has 3 aromatic rings. The van der Waals surface area contributed by atoms with Gasteiger partial charge in [0.2, 0.25) is 0 Å². The first-order valence-corrected chi connectivity index (χ1v) is 9.80. The molecule has 0 fully saturated rings. The molecule has 146 valence electrons. The minimum atomic E-state index is -0.453. The molecule has 0 spiro atoms. The Kier molecular flexibility index (Phi) is 6.59. The number of fused-ring (bicyclic) bond motifs is 1. The van der Waals surface area contributed by atoms with E-state index in [1.807, 2.05) is 26.0 Å². The molecule has 0 saturated heterocycles. The fourth-order valence-corrected chi connectivity index (χ4v) is 3.21. The lowest BCUT2D eigenvalue weighted by Crippen LogP contribution is -2.16. The van der Waals surface area contributed by atoms with Crippen LogP contribution in [0.1, 0.15) is 30.0 Å². The molecule has 1 aromatic heterocycles. The van der Waals surface area contributed by atoms with Gasteiger partial charge in [-0.15, -0.1) is 0 Å². The van der Waals surface area contributed by atoms with Crippen LogP contribution in [-0.4, -0.2) is 25.3 Å². The number of furan rings is 1. The molecular weight excluding hydrogens is 448 g/mol. The van der Waals surface area contributed by atoms with E-state index in [4.69, 9.17) is 25.5 Å². The predicted molar refractivity (Wildman–Crippen MR) is 113 cm³/mol. The summed E-state index contributed by atoms with van der Waals surface area (Å²) in [5.74, 6) is 0.726. The number of amides is 1. The molecule has 2 aromatic carbocycles. The highest BCUT2D eigenvalue weighted by Crippen LogP contribution is 2.36. The van der Waals surface area contributed by atoms with Crippen LogP contribution in [0.25, 0.3) is 11.0 Å². The van der Waals surface area contributed by atoms with Crippen LogP contribution in [-0.2, 0) is 0 Å². The Hall–Kier alpha value is -2.51. The maximum Gasteiger partial charge on any atom is 0.307 e. The Morgan fingerprint density at radius 2 is 2.00 bits per heavy atom. The van der Waals surface area contributed by atoms with Crippen molar-refractivity contribution in [1.29, 1.82) is 0 Å². The Balaban J connectivity index is 1.74. The number of carbonyl (C=O) groups is 1. The molecule has 0 unspecified atom stereocenters. The number of rotatable bonds is 7. The smallest absolute Gasteiger partial charge is 0.307 e. The third-order valence-corrected chi connectivity index (χ3v) is 4.48. The van der Waals surface area contributed by atoms with E-state index in [0.29, 0.717) is 40.9 Å². The summed E-state index contributed by atoms with van der Waals surface area (Å²) in [5, 5.41) is 5.20. The molecule has 0 atom stereocenters. The largest absolute Gasteiger partial charge is 0.490 e. The summed E-state index contributed by atoms with van der Waals surface area (Å²) < 4.78 is 17.5. The Morgan fingerprint density at radius 1 is 1.21 bits per heavy atom. The van der Waals surface area contributed by atoms with Gasteiger partial charge < -0.3 is 13.9 Å². The fraction of sp³-hybridized carbons (Fsp3) is 0.200. The van der Waals surface area contributed by atoms with E-state index in [0.717, 1.165) is 9.86 Å². The number of hydrogen-bond donors (Lipinski definition) is 1. The lowest BCUT2D eigenvalue weighted by molar-refractivity contribution is 0.0929. The molecule has 1 heterocycles. The lowest BCUT2D eigenvalue weighted by atomic mass is 10.2. The molecule has 0 aliphatic rings. The maximum absolute atomic E-state index is 12.3. The van der Waals surface area contributed by atoms with Crippen molar-refractivity contribution in [1.82, 2.24) is 5.43 Å². The number of hydrazone groups is 1. The molecule has 28 heavy (non-hydrogen) atoms. The summed E-state index contributed by atoms with van der Waals surface area (Å²) in [5.41, 5.74) is 3.72. The quantitative estimate of drug-likeness (QED) is 0.374. The van der Waals surface area contributed by atoms with Gasteiger partial charge in [0.15, 0.2) is 17.3 Å². The Morgan fingerprint density at radius 3 is 2.75 bits per heavy atom. The number of halogens is 2. The minimum absolute atomic E-state index is 0.171. The van der Waals surface area contributed by atoms with Gasteiger partial charge >= 0.3 is 5.91 Å². The second kappa shape index (κ2) is 9.12. The molecule has 0 bridgehead atoms. The highest BCUT2D eigenvalue weighted by Gasteiger charge is 2.13. The zero-order chi connectivity index (χ0) is 20.1. The highest BCUT2D eigenvalue weighted by atomic mass is 79.9. The van der Waals surface area contributed by atoms with E-state index >= 15 is 0 Å². The van der Waals surface area contributed by atoms with Crippen LogP contribution in [0.4, 0.5) is 0 Å². The number of nitrogens with one attached hydrogen (secondary N) is 1. The van der Waals surface area contributed by atoms with Crippen molar-refractivity contribution < 1.29 is 18.7 Å². The highest BCUT2D eigenvalue weighted by molar-refractivity contribution is 9.10. The molecule has 0 saturated carbocycles. The van der Waals surface area contributed by atoms with E-state index in [9.17, 15) is 4.79 Å². The van der Waals surface area contributed by atoms with E-state index < -0.39 is 5.91 Å². The van der Waals surface area contributed by atoms with Crippen LogP contribution in [0, 0.1) is 0 Å². The van der Waals surface area contributed by atoms with Crippen LogP contribution in [0.5, 0.6) is 11.5 Å². The Bertz CT molecular complexity index is 1030. The average Bonchev–Trinajstić information content (AvgIpc) is 3.08. The van der Waals surface area contributed by atoms with Crippen molar-refractivity contribution in [2.24, 2.45) is 5.10 Å². The molecule has 1 N–H and O–H groups in total. The maximum atomic E-state index is 12.3. The van der Waals surface area contributed by atoms with E-state index in [2.05, 4.69) is 26.5 Å². The molecule has 3 rings (SSSR count). The van der Waals surface area contributed by atoms with Crippen molar-refractivity contribution in [3.8, 4) is 11.5 Å². The summed E-state index contributed by atoms with van der Waals surface area (Å²) >= 11 is 9.66. The van der Waals surface area contributed by atoms with Gasteiger partial charge in [-0.2, -0.15) is 5.10 Å². The normalized spacial score (nSPS) is 11.1. The monoisotopic (exact) mass is 464 g/mol. The Labute approximate surface area is 175 Å². The predicted octanol–water partition coefficient (Wildman–Crippen LogP) is 5.41. The van der Waals surface area contributed by atoms with Gasteiger partial charge in [-0.05, 0) is 55.8 Å². The van der Waals surface area contributed by atoms with Crippen LogP contribution in [0.15, 0.2) is 50.4 Å². The topological polar surface area (TPSA) is 73.1 Å². The van der Waals surface area contributed by atoms with E-state index in [1.54, 1.807) is 24.3 Å². The minimum Gasteiger partial charge on any atom is -0.490 e. The molecule has 0 aliphatic carbocycles. The van der Waals surface area contributed by atoms with Gasteiger partial charge in [-0.25, -0.2) is 5.43 Å². The summed E-state index contributed by atoms with van der Waals surface area (Å²) in [6.45, 7) is 4.68. The fourth-order valence-electron chi connectivity index (χ4n) is 2.56. The lowest BCUT2D eigenvalue weighted by Gasteiger charge is -2.13. The zero-order valence-electron chi connectivity index (χ0n) is 15.3. The third kappa shape index (κ3) is 4.66. The first kappa shape index (κ1) is 20.2. The molecule has 6 nitrogen and oxygen atoms in total. The van der Waals surface area contributed by atoms with Crippen molar-refractivity contribution in [2.75, 3.05) is 13.2 Å². The van der Waals surface area contributed by atoms with Crippen molar-refractivity contribution >= 4 is 50.6 Å². The zero-order valence-corrected chi connectivity index (χ0v) is 17.6. The average molecular weight is 466 g/mol. The number of carbonyl (C=O) groups excluding carboxylic acids is 1. The molecule has 1 amide bonds.